The summed E-state index contributed by atoms with van der Waals surface area (Å²) in [7, 11) is 0. The minimum atomic E-state index is -0.502. The minimum absolute atomic E-state index is 0.0332. The maximum atomic E-state index is 11.8. The van der Waals surface area contributed by atoms with Crippen LogP contribution >= 0.6 is 11.3 Å². The molecule has 90 valence electrons. The van der Waals surface area contributed by atoms with E-state index in [9.17, 15) is 4.79 Å². The molecule has 1 aromatic rings. The van der Waals surface area contributed by atoms with E-state index in [1.165, 1.54) is 0 Å². The Morgan fingerprint density at radius 3 is 2.88 bits per heavy atom. The fourth-order valence-corrected chi connectivity index (χ4v) is 2.02. The molecule has 0 saturated heterocycles. The van der Waals surface area contributed by atoms with E-state index in [4.69, 9.17) is 0 Å². The van der Waals surface area contributed by atoms with Crippen LogP contribution in [0.15, 0.2) is 11.6 Å². The van der Waals surface area contributed by atoms with Crippen molar-refractivity contribution >= 4 is 17.2 Å². The summed E-state index contributed by atoms with van der Waals surface area (Å²) < 4.78 is 0. The SMILES string of the molecule is CCNC(C)(C)C(=O)NCCc1nccs1. The molecule has 1 heterocycles. The molecule has 0 saturated carbocycles. The van der Waals surface area contributed by atoms with Gasteiger partial charge in [-0.05, 0) is 20.4 Å². The number of amides is 1. The number of likely N-dealkylation sites (N-methyl/N-ethyl adjacent to an activating group) is 1. The van der Waals surface area contributed by atoms with Gasteiger partial charge in [0, 0.05) is 24.5 Å². The van der Waals surface area contributed by atoms with Crippen LogP contribution in [-0.2, 0) is 11.2 Å². The van der Waals surface area contributed by atoms with E-state index < -0.39 is 5.54 Å². The quantitative estimate of drug-likeness (QED) is 0.786. The molecular formula is C11H19N3OS. The maximum Gasteiger partial charge on any atom is 0.239 e. The lowest BCUT2D eigenvalue weighted by atomic mass is 10.0. The van der Waals surface area contributed by atoms with Crippen molar-refractivity contribution in [1.29, 1.82) is 0 Å². The van der Waals surface area contributed by atoms with E-state index in [0.717, 1.165) is 18.0 Å². The average molecular weight is 241 g/mol. The first-order chi connectivity index (χ1) is 7.56. The van der Waals surface area contributed by atoms with Crippen molar-refractivity contribution < 1.29 is 4.79 Å². The van der Waals surface area contributed by atoms with Crippen LogP contribution in [0.1, 0.15) is 25.8 Å². The molecule has 0 aliphatic heterocycles. The van der Waals surface area contributed by atoms with Gasteiger partial charge in [-0.15, -0.1) is 11.3 Å². The number of hydrogen-bond donors (Lipinski definition) is 2. The summed E-state index contributed by atoms with van der Waals surface area (Å²) in [6, 6.07) is 0. The van der Waals surface area contributed by atoms with Gasteiger partial charge < -0.3 is 10.6 Å². The van der Waals surface area contributed by atoms with Crippen molar-refractivity contribution in [2.24, 2.45) is 0 Å². The highest BCUT2D eigenvalue weighted by atomic mass is 32.1. The van der Waals surface area contributed by atoms with E-state index in [-0.39, 0.29) is 5.91 Å². The number of nitrogens with one attached hydrogen (secondary N) is 2. The number of thiazole rings is 1. The zero-order valence-electron chi connectivity index (χ0n) is 10.0. The van der Waals surface area contributed by atoms with Gasteiger partial charge in [0.1, 0.15) is 0 Å². The molecule has 2 N–H and O–H groups in total. The molecule has 1 amide bonds. The van der Waals surface area contributed by atoms with Crippen LogP contribution in [0, 0.1) is 0 Å². The highest BCUT2D eigenvalue weighted by Crippen LogP contribution is 2.05. The summed E-state index contributed by atoms with van der Waals surface area (Å²) in [6.45, 7) is 7.18. The molecule has 0 bridgehead atoms. The highest BCUT2D eigenvalue weighted by Gasteiger charge is 2.25. The molecule has 5 heteroatoms. The first-order valence-corrected chi connectivity index (χ1v) is 6.36. The largest absolute Gasteiger partial charge is 0.354 e. The predicted molar refractivity (Wildman–Crippen MR) is 66.6 cm³/mol. The second kappa shape index (κ2) is 5.96. The summed E-state index contributed by atoms with van der Waals surface area (Å²) in [5, 5.41) is 9.05. The van der Waals surface area contributed by atoms with Gasteiger partial charge in [-0.25, -0.2) is 4.98 Å². The van der Waals surface area contributed by atoms with Crippen molar-refractivity contribution in [2.45, 2.75) is 32.7 Å². The molecule has 4 nitrogen and oxygen atoms in total. The molecule has 0 spiro atoms. The van der Waals surface area contributed by atoms with Gasteiger partial charge in [0.25, 0.3) is 0 Å². The van der Waals surface area contributed by atoms with E-state index in [0.29, 0.717) is 6.54 Å². The number of rotatable bonds is 6. The molecule has 0 fully saturated rings. The van der Waals surface area contributed by atoms with Gasteiger partial charge in [0.15, 0.2) is 0 Å². The summed E-state index contributed by atoms with van der Waals surface area (Å²) in [5.74, 6) is 0.0332. The van der Waals surface area contributed by atoms with Crippen LogP contribution in [0.2, 0.25) is 0 Å². The van der Waals surface area contributed by atoms with E-state index >= 15 is 0 Å². The van der Waals surface area contributed by atoms with Gasteiger partial charge in [-0.3, -0.25) is 4.79 Å². The Labute approximate surface area is 100 Å². The molecule has 0 radical (unpaired) electrons. The van der Waals surface area contributed by atoms with Gasteiger partial charge in [-0.1, -0.05) is 6.92 Å². The van der Waals surface area contributed by atoms with Crippen molar-refractivity contribution in [2.75, 3.05) is 13.1 Å². The lowest BCUT2D eigenvalue weighted by Gasteiger charge is -2.24. The van der Waals surface area contributed by atoms with E-state index in [2.05, 4.69) is 15.6 Å². The van der Waals surface area contributed by atoms with Gasteiger partial charge in [0.2, 0.25) is 5.91 Å². The Balaban J connectivity index is 2.30. The summed E-state index contributed by atoms with van der Waals surface area (Å²) in [6.07, 6.45) is 2.58. The van der Waals surface area contributed by atoms with Crippen molar-refractivity contribution in [3.05, 3.63) is 16.6 Å². The Bertz CT molecular complexity index is 322. The second-order valence-corrected chi connectivity index (χ2v) is 5.07. The molecule has 1 aromatic heterocycles. The Morgan fingerprint density at radius 1 is 1.56 bits per heavy atom. The van der Waals surface area contributed by atoms with Crippen LogP contribution in [0.3, 0.4) is 0 Å². The fourth-order valence-electron chi connectivity index (χ4n) is 1.40. The third kappa shape index (κ3) is 3.90. The van der Waals surface area contributed by atoms with E-state index in [1.54, 1.807) is 17.5 Å². The van der Waals surface area contributed by atoms with E-state index in [1.807, 2.05) is 26.2 Å². The zero-order valence-corrected chi connectivity index (χ0v) is 10.9. The number of nitrogens with zero attached hydrogens (tertiary/aromatic N) is 1. The Morgan fingerprint density at radius 2 is 2.31 bits per heavy atom. The lowest BCUT2D eigenvalue weighted by molar-refractivity contribution is -0.126. The standard InChI is InChI=1S/C11H19N3OS/c1-4-14-11(2,3)10(15)13-6-5-9-12-7-8-16-9/h7-8,14H,4-6H2,1-3H3,(H,13,15). The third-order valence-corrected chi connectivity index (χ3v) is 3.13. The predicted octanol–water partition coefficient (Wildman–Crippen LogP) is 1.19. The average Bonchev–Trinajstić information content (AvgIpc) is 2.70. The molecule has 16 heavy (non-hydrogen) atoms. The fraction of sp³-hybridized carbons (Fsp3) is 0.636. The third-order valence-electron chi connectivity index (χ3n) is 2.29. The number of hydrogen-bond acceptors (Lipinski definition) is 4. The molecular weight excluding hydrogens is 222 g/mol. The van der Waals surface area contributed by atoms with Gasteiger partial charge >= 0.3 is 0 Å². The van der Waals surface area contributed by atoms with Gasteiger partial charge in [0.05, 0.1) is 10.5 Å². The molecule has 0 aliphatic carbocycles. The maximum absolute atomic E-state index is 11.8. The van der Waals surface area contributed by atoms with Crippen molar-refractivity contribution in [3.8, 4) is 0 Å². The molecule has 0 atom stereocenters. The Kier molecular flexibility index (Phi) is 4.89. The summed E-state index contributed by atoms with van der Waals surface area (Å²) in [5.41, 5.74) is -0.502. The first kappa shape index (κ1) is 13.1. The van der Waals surface area contributed by atoms with Crippen LogP contribution in [0.25, 0.3) is 0 Å². The number of aromatic nitrogens is 1. The molecule has 0 aliphatic rings. The highest BCUT2D eigenvalue weighted by molar-refractivity contribution is 7.09. The monoisotopic (exact) mass is 241 g/mol. The number of carbonyl (C=O) groups is 1. The topological polar surface area (TPSA) is 54.0 Å². The first-order valence-electron chi connectivity index (χ1n) is 5.48. The van der Waals surface area contributed by atoms with Crippen molar-refractivity contribution in [3.63, 3.8) is 0 Å². The molecule has 1 rings (SSSR count). The lowest BCUT2D eigenvalue weighted by Crippen LogP contribution is -2.52. The normalized spacial score (nSPS) is 11.4. The summed E-state index contributed by atoms with van der Waals surface area (Å²) in [4.78, 5) is 16.0. The minimum Gasteiger partial charge on any atom is -0.354 e. The smallest absolute Gasteiger partial charge is 0.239 e. The molecule has 0 unspecified atom stereocenters. The van der Waals surface area contributed by atoms with Crippen LogP contribution in [0.5, 0.6) is 0 Å². The summed E-state index contributed by atoms with van der Waals surface area (Å²) >= 11 is 1.61. The van der Waals surface area contributed by atoms with Crippen LogP contribution in [-0.4, -0.2) is 29.5 Å². The van der Waals surface area contributed by atoms with Crippen LogP contribution < -0.4 is 10.6 Å². The van der Waals surface area contributed by atoms with Crippen molar-refractivity contribution in [1.82, 2.24) is 15.6 Å². The number of carbonyl (C=O) groups excluding carboxylic acids is 1. The van der Waals surface area contributed by atoms with Crippen LogP contribution in [0.4, 0.5) is 0 Å². The second-order valence-electron chi connectivity index (χ2n) is 4.09. The zero-order chi connectivity index (χ0) is 12.0. The molecule has 0 aromatic carbocycles. The Hall–Kier alpha value is -0.940. The van der Waals surface area contributed by atoms with Gasteiger partial charge in [-0.2, -0.15) is 0 Å².